The van der Waals surface area contributed by atoms with Crippen molar-refractivity contribution in [3.8, 4) is 11.5 Å². The fraction of sp³-hybridized carbons (Fsp3) is 0.200. The summed E-state index contributed by atoms with van der Waals surface area (Å²) in [5.41, 5.74) is 2.69. The minimum absolute atomic E-state index is 0.00107. The lowest BCUT2D eigenvalue weighted by Gasteiger charge is -2.26. The molecule has 1 aliphatic rings. The molecule has 7 heteroatoms. The van der Waals surface area contributed by atoms with E-state index in [4.69, 9.17) is 9.47 Å². The number of amides is 1. The van der Waals surface area contributed by atoms with Crippen LogP contribution >= 0.6 is 11.3 Å². The van der Waals surface area contributed by atoms with E-state index < -0.39 is 17.7 Å². The Hall–Kier alpha value is -3.58. The fourth-order valence-corrected chi connectivity index (χ4v) is 4.82. The summed E-state index contributed by atoms with van der Waals surface area (Å²) >= 11 is 1.42. The second-order valence-corrected chi connectivity index (χ2v) is 8.49. The van der Waals surface area contributed by atoms with Crippen molar-refractivity contribution in [2.45, 2.75) is 19.9 Å². The summed E-state index contributed by atoms with van der Waals surface area (Å²) in [5.74, 6) is -1.10. The zero-order valence-corrected chi connectivity index (χ0v) is 19.0. The molecule has 1 amide bonds. The van der Waals surface area contributed by atoms with Gasteiger partial charge in [0, 0.05) is 10.6 Å². The number of carbonyl (C=O) groups is 2. The van der Waals surface area contributed by atoms with E-state index in [9.17, 15) is 14.7 Å². The first-order chi connectivity index (χ1) is 15.4. The Labute approximate surface area is 190 Å². The van der Waals surface area contributed by atoms with Crippen LogP contribution in [0.4, 0.5) is 5.69 Å². The number of aryl methyl sites for hydroxylation is 2. The molecule has 2 aromatic carbocycles. The number of anilines is 1. The summed E-state index contributed by atoms with van der Waals surface area (Å²) in [6, 6.07) is 13.7. The van der Waals surface area contributed by atoms with E-state index in [0.717, 1.165) is 16.0 Å². The molecule has 1 atom stereocenters. The molecule has 6 nitrogen and oxygen atoms in total. The summed E-state index contributed by atoms with van der Waals surface area (Å²) in [6.07, 6.45) is 0. The topological polar surface area (TPSA) is 76.1 Å². The van der Waals surface area contributed by atoms with Crippen LogP contribution in [0, 0.1) is 13.8 Å². The van der Waals surface area contributed by atoms with Gasteiger partial charge in [0.1, 0.15) is 28.9 Å². The number of methoxy groups -OCH3 is 2. The summed E-state index contributed by atoms with van der Waals surface area (Å²) < 4.78 is 10.8. The first-order valence-electron chi connectivity index (χ1n) is 10.0. The number of hydrogen-bond acceptors (Lipinski definition) is 6. The molecule has 164 valence electrons. The lowest BCUT2D eigenvalue weighted by molar-refractivity contribution is -0.132. The maximum atomic E-state index is 13.3. The van der Waals surface area contributed by atoms with Gasteiger partial charge >= 0.3 is 0 Å². The van der Waals surface area contributed by atoms with E-state index >= 15 is 0 Å². The minimum Gasteiger partial charge on any atom is -0.506 e. The van der Waals surface area contributed by atoms with Gasteiger partial charge in [-0.25, -0.2) is 0 Å². The molecule has 0 saturated carbocycles. The fourth-order valence-electron chi connectivity index (χ4n) is 4.00. The third kappa shape index (κ3) is 3.44. The Morgan fingerprint density at radius 2 is 1.69 bits per heavy atom. The molecular weight excluding hydrogens is 426 g/mol. The predicted octanol–water partition coefficient (Wildman–Crippen LogP) is 5.01. The number of rotatable bonds is 5. The average molecular weight is 450 g/mol. The summed E-state index contributed by atoms with van der Waals surface area (Å²) in [5, 5.41) is 13.3. The van der Waals surface area contributed by atoms with E-state index in [2.05, 4.69) is 0 Å². The number of hydrogen-bond donors (Lipinski definition) is 1. The molecule has 1 saturated heterocycles. The van der Waals surface area contributed by atoms with Gasteiger partial charge in [-0.2, -0.15) is 0 Å². The average Bonchev–Trinajstić information content (AvgIpc) is 3.41. The quantitative estimate of drug-likeness (QED) is 0.337. The van der Waals surface area contributed by atoms with Crippen LogP contribution in [0.1, 0.15) is 27.6 Å². The highest BCUT2D eigenvalue weighted by Gasteiger charge is 2.48. The minimum atomic E-state index is -0.773. The van der Waals surface area contributed by atoms with Crippen molar-refractivity contribution in [3.05, 3.63) is 81.1 Å². The maximum Gasteiger partial charge on any atom is 0.300 e. The zero-order valence-electron chi connectivity index (χ0n) is 18.2. The molecule has 1 aromatic heterocycles. The van der Waals surface area contributed by atoms with Gasteiger partial charge in [-0.1, -0.05) is 24.3 Å². The predicted molar refractivity (Wildman–Crippen MR) is 125 cm³/mol. The van der Waals surface area contributed by atoms with E-state index in [1.807, 2.05) is 49.6 Å². The third-order valence-electron chi connectivity index (χ3n) is 5.55. The highest BCUT2D eigenvalue weighted by Crippen LogP contribution is 2.46. The van der Waals surface area contributed by atoms with Crippen molar-refractivity contribution in [2.24, 2.45) is 0 Å². The summed E-state index contributed by atoms with van der Waals surface area (Å²) in [4.78, 5) is 28.9. The molecule has 4 rings (SSSR count). The van der Waals surface area contributed by atoms with Gasteiger partial charge in [0.2, 0.25) is 0 Å². The van der Waals surface area contributed by atoms with Gasteiger partial charge in [0.25, 0.3) is 11.7 Å². The Morgan fingerprint density at radius 1 is 1.00 bits per heavy atom. The molecular formula is C25H23NO5S. The SMILES string of the molecule is COc1cccc(OC)c1/C(O)=C1\C(=O)C(=O)N(c2cc(C)ccc2C)C1c1cccs1. The smallest absolute Gasteiger partial charge is 0.300 e. The number of thiophene rings is 1. The highest BCUT2D eigenvalue weighted by molar-refractivity contribution is 7.10. The monoisotopic (exact) mass is 449 g/mol. The van der Waals surface area contributed by atoms with Crippen LogP contribution in [0.5, 0.6) is 11.5 Å². The molecule has 32 heavy (non-hydrogen) atoms. The second kappa shape index (κ2) is 8.51. The van der Waals surface area contributed by atoms with E-state index in [-0.39, 0.29) is 16.9 Å². The summed E-state index contributed by atoms with van der Waals surface area (Å²) in [6.45, 7) is 3.82. The number of nitrogens with zero attached hydrogens (tertiary/aromatic N) is 1. The van der Waals surface area contributed by atoms with Crippen LogP contribution < -0.4 is 14.4 Å². The van der Waals surface area contributed by atoms with Gasteiger partial charge in [-0.05, 0) is 54.6 Å². The number of Topliss-reactive ketones (excluding diaryl/α,β-unsaturated/α-hetero) is 1. The van der Waals surface area contributed by atoms with E-state index in [1.54, 1.807) is 18.2 Å². The van der Waals surface area contributed by atoms with Crippen LogP contribution in [0.25, 0.3) is 5.76 Å². The Bertz CT molecular complexity index is 1210. The van der Waals surface area contributed by atoms with Crippen molar-refractivity contribution in [2.75, 3.05) is 19.1 Å². The molecule has 1 N–H and O–H groups in total. The zero-order chi connectivity index (χ0) is 23.0. The van der Waals surface area contributed by atoms with Gasteiger partial charge in [-0.3, -0.25) is 14.5 Å². The number of carbonyl (C=O) groups excluding carboxylic acids is 2. The molecule has 1 unspecified atom stereocenters. The molecule has 0 bridgehead atoms. The van der Waals surface area contributed by atoms with Crippen LogP contribution in [0.15, 0.2) is 59.5 Å². The van der Waals surface area contributed by atoms with Gasteiger partial charge < -0.3 is 14.6 Å². The number of ether oxygens (including phenoxy) is 2. The molecule has 1 fully saturated rings. The van der Waals surface area contributed by atoms with E-state index in [1.165, 1.54) is 30.5 Å². The van der Waals surface area contributed by atoms with Crippen LogP contribution in [0.3, 0.4) is 0 Å². The third-order valence-corrected chi connectivity index (χ3v) is 6.47. The van der Waals surface area contributed by atoms with Crippen molar-refractivity contribution in [3.63, 3.8) is 0 Å². The van der Waals surface area contributed by atoms with E-state index in [0.29, 0.717) is 17.2 Å². The number of benzene rings is 2. The lowest BCUT2D eigenvalue weighted by atomic mass is 9.98. The summed E-state index contributed by atoms with van der Waals surface area (Å²) in [7, 11) is 2.94. The molecule has 3 aromatic rings. The van der Waals surface area contributed by atoms with Crippen molar-refractivity contribution >= 4 is 34.5 Å². The highest BCUT2D eigenvalue weighted by atomic mass is 32.1. The number of aliphatic hydroxyl groups is 1. The normalized spacial score (nSPS) is 17.6. The Morgan fingerprint density at radius 3 is 2.28 bits per heavy atom. The largest absolute Gasteiger partial charge is 0.506 e. The maximum absolute atomic E-state index is 13.3. The van der Waals surface area contributed by atoms with Gasteiger partial charge in [0.05, 0.1) is 19.8 Å². The van der Waals surface area contributed by atoms with Crippen LogP contribution in [-0.4, -0.2) is 31.0 Å². The van der Waals surface area contributed by atoms with Crippen LogP contribution in [0.2, 0.25) is 0 Å². The lowest BCUT2D eigenvalue weighted by Crippen LogP contribution is -2.29. The standard InChI is InChI=1S/C25H23NO5S/c1-14-10-11-15(2)16(13-14)26-22(19-9-6-12-32-19)21(24(28)25(26)29)23(27)20-17(30-3)7-5-8-18(20)31-4/h5-13,22,27H,1-4H3/b23-21+. The first-order valence-corrected chi connectivity index (χ1v) is 10.9. The molecule has 0 radical (unpaired) electrons. The number of ketones is 1. The molecule has 0 aliphatic carbocycles. The van der Waals surface area contributed by atoms with Gasteiger partial charge in [-0.15, -0.1) is 11.3 Å². The molecule has 1 aliphatic heterocycles. The molecule has 0 spiro atoms. The van der Waals surface area contributed by atoms with Crippen molar-refractivity contribution in [1.29, 1.82) is 0 Å². The first kappa shape index (κ1) is 21.6. The van der Waals surface area contributed by atoms with Crippen LogP contribution in [-0.2, 0) is 9.59 Å². The van der Waals surface area contributed by atoms with Gasteiger partial charge in [0.15, 0.2) is 0 Å². The molecule has 2 heterocycles. The number of aliphatic hydroxyl groups excluding tert-OH is 1. The Balaban J connectivity index is 2.02. The van der Waals surface area contributed by atoms with Crippen molar-refractivity contribution < 1.29 is 24.2 Å². The van der Waals surface area contributed by atoms with Crippen molar-refractivity contribution in [1.82, 2.24) is 0 Å². The Kier molecular flexibility index (Phi) is 5.76. The second-order valence-electron chi connectivity index (χ2n) is 7.51.